The van der Waals surface area contributed by atoms with Gasteiger partial charge in [0.15, 0.2) is 6.20 Å². The minimum atomic E-state index is -1.56. The lowest BCUT2D eigenvalue weighted by Crippen LogP contribution is -2.31. The summed E-state index contributed by atoms with van der Waals surface area (Å²) in [6.45, 7) is 7.74. The molecule has 0 atom stereocenters. The van der Waals surface area contributed by atoms with Crippen molar-refractivity contribution in [3.63, 3.8) is 0 Å². The van der Waals surface area contributed by atoms with Crippen LogP contribution < -0.4 is 4.57 Å². The highest BCUT2D eigenvalue weighted by atomic mass is 19.1. The molecule has 198 valence electrons. The molecule has 0 fully saturated rings. The molecule has 0 amide bonds. The summed E-state index contributed by atoms with van der Waals surface area (Å²) in [6, 6.07) is 24.7. The molecule has 0 radical (unpaired) electrons. The van der Waals surface area contributed by atoms with Crippen LogP contribution in [0.5, 0.6) is 0 Å². The van der Waals surface area contributed by atoms with Gasteiger partial charge in [-0.25, -0.2) is 8.96 Å². The Morgan fingerprint density at radius 2 is 1.48 bits per heavy atom. The summed E-state index contributed by atoms with van der Waals surface area (Å²) >= 11 is 0. The Kier molecular flexibility index (Phi) is 4.92. The largest absolute Gasteiger partial charge is 0.456 e. The van der Waals surface area contributed by atoms with Gasteiger partial charge in [0, 0.05) is 36.4 Å². The fourth-order valence-electron chi connectivity index (χ4n) is 5.78. The van der Waals surface area contributed by atoms with Gasteiger partial charge in [-0.05, 0) is 65.7 Å². The van der Waals surface area contributed by atoms with E-state index in [-0.39, 0.29) is 5.82 Å². The van der Waals surface area contributed by atoms with E-state index in [0.29, 0.717) is 33.4 Å². The van der Waals surface area contributed by atoms with Crippen molar-refractivity contribution in [2.24, 2.45) is 12.5 Å². The Hall–Kier alpha value is -4.44. The van der Waals surface area contributed by atoms with Gasteiger partial charge in [-0.15, -0.1) is 0 Å². The highest BCUT2D eigenvalue weighted by Gasteiger charge is 2.24. The highest BCUT2D eigenvalue weighted by Crippen LogP contribution is 2.42. The Morgan fingerprint density at radius 1 is 0.775 bits per heavy atom. The molecule has 4 aromatic carbocycles. The molecule has 0 aliphatic carbocycles. The van der Waals surface area contributed by atoms with Crippen LogP contribution in [0.2, 0.25) is 0 Å². The molecule has 0 aliphatic rings. The smallest absolute Gasteiger partial charge is 0.216 e. The molecule has 4 heteroatoms. The van der Waals surface area contributed by atoms with Crippen LogP contribution >= 0.6 is 0 Å². The lowest BCUT2D eigenvalue weighted by Gasteiger charge is -2.18. The number of hydrogen-bond acceptors (Lipinski definition) is 2. The average Bonchev–Trinajstić information content (AvgIpc) is 3.50. The van der Waals surface area contributed by atoms with Crippen molar-refractivity contribution in [2.75, 3.05) is 0 Å². The van der Waals surface area contributed by atoms with E-state index in [2.05, 4.69) is 0 Å². The first kappa shape index (κ1) is 22.4. The van der Waals surface area contributed by atoms with Gasteiger partial charge in [-0.2, -0.15) is 0 Å². The van der Waals surface area contributed by atoms with Gasteiger partial charge in [-0.3, -0.25) is 0 Å². The topological polar surface area (TPSA) is 30.2 Å². The maximum atomic E-state index is 15.7. The molecule has 0 bridgehead atoms. The maximum Gasteiger partial charge on any atom is 0.216 e. The Labute approximate surface area is 235 Å². The van der Waals surface area contributed by atoms with E-state index in [9.17, 15) is 0 Å². The third kappa shape index (κ3) is 3.90. The van der Waals surface area contributed by atoms with Crippen LogP contribution in [0.3, 0.4) is 0 Å². The first-order valence-electron chi connectivity index (χ1n) is 14.5. The van der Waals surface area contributed by atoms with Crippen LogP contribution in [0, 0.1) is 18.2 Å². The molecule has 3 heterocycles. The third-order valence-corrected chi connectivity index (χ3v) is 7.56. The molecular formula is C36H31FNO2+. The molecule has 0 saturated heterocycles. The summed E-state index contributed by atoms with van der Waals surface area (Å²) in [4.78, 5) is 0. The Morgan fingerprint density at radius 3 is 2.27 bits per heavy atom. The normalized spacial score (nSPS) is 13.4. The van der Waals surface area contributed by atoms with E-state index in [0.717, 1.165) is 43.9 Å². The minimum Gasteiger partial charge on any atom is -0.456 e. The molecule has 0 unspecified atom stereocenters. The molecule has 3 aromatic heterocycles. The molecule has 40 heavy (non-hydrogen) atoms. The van der Waals surface area contributed by atoms with E-state index < -0.39 is 11.8 Å². The van der Waals surface area contributed by atoms with Crippen molar-refractivity contribution in [3.05, 3.63) is 102 Å². The van der Waals surface area contributed by atoms with Crippen LogP contribution in [0.1, 0.15) is 34.6 Å². The second-order valence-electron chi connectivity index (χ2n) is 11.6. The van der Waals surface area contributed by atoms with Crippen molar-refractivity contribution >= 4 is 43.9 Å². The summed E-state index contributed by atoms with van der Waals surface area (Å²) in [6.07, 6.45) is 0.333. The van der Waals surface area contributed by atoms with Crippen molar-refractivity contribution in [2.45, 2.75) is 34.1 Å². The number of pyridine rings is 1. The maximum absolute atomic E-state index is 15.7. The Balaban J connectivity index is 1.48. The number of para-hydroxylation sites is 1. The van der Waals surface area contributed by atoms with Gasteiger partial charge in [0.25, 0.3) is 0 Å². The lowest BCUT2D eigenvalue weighted by molar-refractivity contribution is -0.660. The summed E-state index contributed by atoms with van der Waals surface area (Å²) < 4.78 is 48.1. The van der Waals surface area contributed by atoms with Gasteiger partial charge in [0.1, 0.15) is 35.2 Å². The average molecular weight is 531 g/mol. The van der Waals surface area contributed by atoms with E-state index in [1.165, 1.54) is 6.07 Å². The Bertz CT molecular complexity index is 2200. The van der Waals surface area contributed by atoms with Crippen molar-refractivity contribution in [3.8, 4) is 22.4 Å². The van der Waals surface area contributed by atoms with Crippen LogP contribution in [0.15, 0.2) is 93.9 Å². The molecule has 3 nitrogen and oxygen atoms in total. The number of fused-ring (bicyclic) bond motifs is 6. The van der Waals surface area contributed by atoms with E-state index in [1.807, 2.05) is 112 Å². The first-order valence-corrected chi connectivity index (χ1v) is 13.5. The number of halogens is 1. The molecule has 0 N–H and O–H groups in total. The number of nitrogens with zero attached hydrogens (tertiary/aromatic N) is 1. The van der Waals surface area contributed by atoms with Gasteiger partial charge in [0.2, 0.25) is 5.69 Å². The first-order chi connectivity index (χ1) is 20.0. The van der Waals surface area contributed by atoms with Crippen molar-refractivity contribution in [1.82, 2.24) is 0 Å². The molecule has 7 aromatic rings. The quantitative estimate of drug-likeness (QED) is 0.213. The number of aromatic nitrogens is 1. The molecule has 7 rings (SSSR count). The van der Waals surface area contributed by atoms with E-state index in [4.69, 9.17) is 11.6 Å². The number of furan rings is 2. The zero-order valence-corrected chi connectivity index (χ0v) is 23.2. The second-order valence-corrected chi connectivity index (χ2v) is 11.6. The monoisotopic (exact) mass is 530 g/mol. The minimum absolute atomic E-state index is 0.374. The van der Waals surface area contributed by atoms with Crippen LogP contribution in [-0.4, -0.2) is 0 Å². The molecule has 0 saturated carbocycles. The third-order valence-electron chi connectivity index (χ3n) is 7.56. The van der Waals surface area contributed by atoms with Gasteiger partial charge in [0.05, 0.1) is 11.1 Å². The second kappa shape index (κ2) is 8.79. The molecule has 0 spiro atoms. The number of rotatable bonds is 3. The number of hydrogen-bond donors (Lipinski definition) is 0. The summed E-state index contributed by atoms with van der Waals surface area (Å²) in [5.74, 6) is -0.374. The highest BCUT2D eigenvalue weighted by molar-refractivity contribution is 6.14. The molecular weight excluding hydrogens is 497 g/mol. The number of benzene rings is 4. The fourth-order valence-corrected chi connectivity index (χ4v) is 5.78. The summed E-state index contributed by atoms with van der Waals surface area (Å²) in [5.41, 5.74) is 6.32. The van der Waals surface area contributed by atoms with Gasteiger partial charge < -0.3 is 8.83 Å². The SMILES string of the molecule is [2H]C([2H])(c1cc[n+](C)c(-c2c(C)ccc3c2oc2c(-c4ccc5c(c4)oc4ccccc45)c(F)ccc23)c1)C(C)(C)C. The van der Waals surface area contributed by atoms with Crippen LogP contribution in [0.4, 0.5) is 4.39 Å². The van der Waals surface area contributed by atoms with Crippen LogP contribution in [-0.2, 0) is 13.4 Å². The van der Waals surface area contributed by atoms with Crippen LogP contribution in [0.25, 0.3) is 66.3 Å². The van der Waals surface area contributed by atoms with Crippen molar-refractivity contribution < 1.29 is 20.5 Å². The fraction of sp³-hybridized carbons (Fsp3) is 0.194. The van der Waals surface area contributed by atoms with E-state index in [1.54, 1.807) is 6.07 Å². The number of aryl methyl sites for hydroxylation is 2. The predicted molar refractivity (Wildman–Crippen MR) is 161 cm³/mol. The summed E-state index contributed by atoms with van der Waals surface area (Å²) in [5, 5.41) is 3.69. The van der Waals surface area contributed by atoms with Gasteiger partial charge >= 0.3 is 0 Å². The zero-order valence-electron chi connectivity index (χ0n) is 25.2. The van der Waals surface area contributed by atoms with Crippen molar-refractivity contribution in [1.29, 1.82) is 0 Å². The predicted octanol–water partition coefficient (Wildman–Crippen LogP) is 9.68. The molecule has 0 aliphatic heterocycles. The summed E-state index contributed by atoms with van der Waals surface area (Å²) in [7, 11) is 1.94. The zero-order chi connectivity index (χ0) is 29.6. The standard InChI is InChI=1S/C36H31FNO2/c1-21-10-12-26-27-14-15-28(37)33(23-11-13-25-24-8-6-7-9-30(24)39-31(25)19-23)35(27)40-34(26)32(21)29-18-22(16-17-38(29)5)20-36(2,3)4/h6-19H,20H2,1-5H3/q+1/i20D2. The van der Waals surface area contributed by atoms with E-state index >= 15 is 4.39 Å². The lowest BCUT2D eigenvalue weighted by atomic mass is 9.88. The van der Waals surface area contributed by atoms with Gasteiger partial charge in [-0.1, -0.05) is 57.2 Å².